The van der Waals surface area contributed by atoms with Crippen LogP contribution in [0, 0.1) is 12.8 Å². The predicted octanol–water partition coefficient (Wildman–Crippen LogP) is 3.94. The molecule has 0 aliphatic carbocycles. The van der Waals surface area contributed by atoms with E-state index in [1.165, 1.54) is 24.8 Å². The number of hydrogen-bond donors (Lipinski definition) is 2. The van der Waals surface area contributed by atoms with Crippen LogP contribution in [0.5, 0.6) is 0 Å². The number of amides is 1. The van der Waals surface area contributed by atoms with E-state index in [9.17, 15) is 9.59 Å². The van der Waals surface area contributed by atoms with Crippen molar-refractivity contribution in [2.24, 2.45) is 5.92 Å². The van der Waals surface area contributed by atoms with Gasteiger partial charge in [-0.3, -0.25) is 9.69 Å². The van der Waals surface area contributed by atoms with Crippen molar-refractivity contribution in [1.82, 2.24) is 15.2 Å². The van der Waals surface area contributed by atoms with E-state index >= 15 is 0 Å². The molecule has 1 aliphatic heterocycles. The van der Waals surface area contributed by atoms with Crippen LogP contribution in [0.3, 0.4) is 0 Å². The first-order valence-corrected chi connectivity index (χ1v) is 11.2. The fourth-order valence-corrected chi connectivity index (χ4v) is 4.90. The van der Waals surface area contributed by atoms with Crippen LogP contribution in [0.1, 0.15) is 69.7 Å². The molecule has 2 N–H and O–H groups in total. The summed E-state index contributed by atoms with van der Waals surface area (Å²) >= 11 is 1.73. The van der Waals surface area contributed by atoms with Gasteiger partial charge >= 0.3 is 5.97 Å². The molecule has 0 radical (unpaired) electrons. The first-order chi connectivity index (χ1) is 14.0. The van der Waals surface area contributed by atoms with E-state index in [2.05, 4.69) is 39.6 Å². The fourth-order valence-electron chi connectivity index (χ4n) is 4.04. The number of thiophene rings is 1. The van der Waals surface area contributed by atoms with Crippen LogP contribution in [0.2, 0.25) is 0 Å². The number of piperidine rings is 1. The zero-order valence-corrected chi connectivity index (χ0v) is 18.5. The molecule has 3 rings (SSSR count). The van der Waals surface area contributed by atoms with Gasteiger partial charge < -0.3 is 15.0 Å². The van der Waals surface area contributed by atoms with Crippen LogP contribution in [0.4, 0.5) is 0 Å². The van der Waals surface area contributed by atoms with E-state index in [1.54, 1.807) is 18.3 Å². The Labute approximate surface area is 176 Å². The molecule has 3 heterocycles. The van der Waals surface area contributed by atoms with Crippen molar-refractivity contribution in [2.75, 3.05) is 26.7 Å². The van der Waals surface area contributed by atoms with Gasteiger partial charge in [-0.15, -0.1) is 11.3 Å². The number of esters is 1. The van der Waals surface area contributed by atoms with Crippen molar-refractivity contribution >= 4 is 23.2 Å². The number of ether oxygens (including phenoxy) is 1. The van der Waals surface area contributed by atoms with Gasteiger partial charge in [0.2, 0.25) is 0 Å². The van der Waals surface area contributed by atoms with Crippen LogP contribution in [0.25, 0.3) is 0 Å². The first kappa shape index (κ1) is 21.6. The molecule has 1 atom stereocenters. The van der Waals surface area contributed by atoms with Gasteiger partial charge in [-0.05, 0) is 62.2 Å². The lowest BCUT2D eigenvalue weighted by molar-refractivity contribution is 0.0599. The van der Waals surface area contributed by atoms with Crippen LogP contribution in [0.15, 0.2) is 17.5 Å². The molecule has 158 valence electrons. The summed E-state index contributed by atoms with van der Waals surface area (Å²) in [7, 11) is 1.36. The minimum absolute atomic E-state index is 0.174. The highest BCUT2D eigenvalue weighted by atomic mass is 32.1. The number of hydrogen-bond acceptors (Lipinski definition) is 5. The molecule has 6 nitrogen and oxygen atoms in total. The molecule has 2 aromatic heterocycles. The third kappa shape index (κ3) is 4.73. The summed E-state index contributed by atoms with van der Waals surface area (Å²) in [5.41, 5.74) is 2.30. The molecule has 2 aromatic rings. The van der Waals surface area contributed by atoms with E-state index in [1.807, 2.05) is 6.92 Å². The molecule has 1 saturated heterocycles. The van der Waals surface area contributed by atoms with Crippen LogP contribution < -0.4 is 5.32 Å². The Morgan fingerprint density at radius 1 is 1.38 bits per heavy atom. The molecule has 1 unspecified atom stereocenters. The smallest absolute Gasteiger partial charge is 0.339 e. The van der Waals surface area contributed by atoms with Gasteiger partial charge in [0.05, 0.1) is 18.7 Å². The van der Waals surface area contributed by atoms with Gasteiger partial charge in [-0.1, -0.05) is 19.9 Å². The molecule has 0 aromatic carbocycles. The fraction of sp³-hybridized carbons (Fsp3) is 0.545. The minimum Gasteiger partial charge on any atom is -0.465 e. The Balaban J connectivity index is 1.75. The Kier molecular flexibility index (Phi) is 7.14. The molecule has 0 saturated carbocycles. The summed E-state index contributed by atoms with van der Waals surface area (Å²) in [6.07, 6.45) is 3.00. The Morgan fingerprint density at radius 3 is 2.69 bits per heavy atom. The summed E-state index contributed by atoms with van der Waals surface area (Å²) in [5, 5.41) is 5.19. The number of aromatic amines is 1. The van der Waals surface area contributed by atoms with Crippen molar-refractivity contribution in [3.63, 3.8) is 0 Å². The van der Waals surface area contributed by atoms with E-state index in [0.717, 1.165) is 24.7 Å². The zero-order valence-electron chi connectivity index (χ0n) is 17.7. The second-order valence-electron chi connectivity index (χ2n) is 7.78. The number of aryl methyl sites for hydroxylation is 1. The lowest BCUT2D eigenvalue weighted by atomic mass is 9.97. The molecule has 0 spiro atoms. The third-order valence-corrected chi connectivity index (χ3v) is 6.86. The topological polar surface area (TPSA) is 74.4 Å². The zero-order chi connectivity index (χ0) is 21.0. The summed E-state index contributed by atoms with van der Waals surface area (Å²) in [5.74, 6) is 0.170. The number of aromatic nitrogens is 1. The number of carbonyl (C=O) groups is 2. The Hall–Kier alpha value is -2.12. The highest BCUT2D eigenvalue weighted by molar-refractivity contribution is 7.10. The van der Waals surface area contributed by atoms with Crippen LogP contribution >= 0.6 is 11.3 Å². The molecule has 7 heteroatoms. The average Bonchev–Trinajstić information content (AvgIpc) is 3.36. The van der Waals surface area contributed by atoms with Gasteiger partial charge in [0.1, 0.15) is 5.69 Å². The molecule has 0 bridgehead atoms. The van der Waals surface area contributed by atoms with Crippen molar-refractivity contribution in [3.8, 4) is 0 Å². The molecule has 1 fully saturated rings. The van der Waals surface area contributed by atoms with E-state index in [-0.39, 0.29) is 11.9 Å². The van der Waals surface area contributed by atoms with E-state index in [4.69, 9.17) is 4.74 Å². The predicted molar refractivity (Wildman–Crippen MR) is 116 cm³/mol. The largest absolute Gasteiger partial charge is 0.465 e. The number of H-pyrrole nitrogens is 1. The standard InChI is InChI=1S/C22H31N3O3S/c1-5-16-19(22(27)28-4)15(3)20(24-16)21(26)23-13-17(18-7-6-12-29-18)25-10-8-14(2)9-11-25/h6-7,12,14,17,24H,5,8-11,13H2,1-4H3,(H,23,26). The number of nitrogens with zero attached hydrogens (tertiary/aromatic N) is 1. The number of rotatable bonds is 7. The number of carbonyl (C=O) groups excluding carboxylic acids is 2. The second-order valence-corrected chi connectivity index (χ2v) is 8.76. The third-order valence-electron chi connectivity index (χ3n) is 5.88. The Morgan fingerprint density at radius 2 is 2.10 bits per heavy atom. The number of methoxy groups -OCH3 is 1. The van der Waals surface area contributed by atoms with Gasteiger partial charge in [-0.2, -0.15) is 0 Å². The quantitative estimate of drug-likeness (QED) is 0.669. The summed E-state index contributed by atoms with van der Waals surface area (Å²) < 4.78 is 4.89. The SMILES string of the molecule is CCc1[nH]c(C(=O)NCC(c2cccs2)N2CCC(C)CC2)c(C)c1C(=O)OC. The van der Waals surface area contributed by atoms with Crippen LogP contribution in [-0.4, -0.2) is 48.5 Å². The maximum absolute atomic E-state index is 13.0. The van der Waals surface area contributed by atoms with E-state index < -0.39 is 5.97 Å². The van der Waals surface area contributed by atoms with E-state index in [0.29, 0.717) is 29.8 Å². The average molecular weight is 418 g/mol. The molecular weight excluding hydrogens is 386 g/mol. The van der Waals surface area contributed by atoms with Crippen molar-refractivity contribution in [2.45, 2.75) is 46.1 Å². The first-order valence-electron chi connectivity index (χ1n) is 10.3. The number of nitrogens with one attached hydrogen (secondary N) is 2. The Bertz CT molecular complexity index is 836. The van der Waals surface area contributed by atoms with Gasteiger partial charge in [0.15, 0.2) is 0 Å². The number of likely N-dealkylation sites (tertiary alicyclic amines) is 1. The van der Waals surface area contributed by atoms with Crippen molar-refractivity contribution in [1.29, 1.82) is 0 Å². The summed E-state index contributed by atoms with van der Waals surface area (Å²) in [4.78, 5) is 32.0. The lowest BCUT2D eigenvalue weighted by Gasteiger charge is -2.36. The minimum atomic E-state index is -0.409. The molecule has 1 aliphatic rings. The highest BCUT2D eigenvalue weighted by Crippen LogP contribution is 2.29. The van der Waals surface area contributed by atoms with Gasteiger partial charge in [-0.25, -0.2) is 4.79 Å². The maximum atomic E-state index is 13.0. The normalized spacial score (nSPS) is 16.6. The van der Waals surface area contributed by atoms with Crippen molar-refractivity contribution < 1.29 is 14.3 Å². The summed E-state index contributed by atoms with van der Waals surface area (Å²) in [6.45, 7) is 8.68. The molecule has 29 heavy (non-hydrogen) atoms. The molecular formula is C22H31N3O3S. The lowest BCUT2D eigenvalue weighted by Crippen LogP contribution is -2.41. The maximum Gasteiger partial charge on any atom is 0.339 e. The van der Waals surface area contributed by atoms with Gasteiger partial charge in [0, 0.05) is 17.1 Å². The van der Waals surface area contributed by atoms with Crippen LogP contribution in [-0.2, 0) is 11.2 Å². The van der Waals surface area contributed by atoms with Crippen molar-refractivity contribution in [3.05, 3.63) is 44.9 Å². The summed E-state index contributed by atoms with van der Waals surface area (Å²) in [6, 6.07) is 4.38. The second kappa shape index (κ2) is 9.59. The monoisotopic (exact) mass is 417 g/mol. The molecule has 1 amide bonds. The highest BCUT2D eigenvalue weighted by Gasteiger charge is 2.27. The van der Waals surface area contributed by atoms with Gasteiger partial charge in [0.25, 0.3) is 5.91 Å².